The summed E-state index contributed by atoms with van der Waals surface area (Å²) >= 11 is 0. The summed E-state index contributed by atoms with van der Waals surface area (Å²) in [6.45, 7) is 5.34. The van der Waals surface area contributed by atoms with Crippen LogP contribution in [0.4, 0.5) is 13.2 Å². The summed E-state index contributed by atoms with van der Waals surface area (Å²) in [5, 5.41) is 11.3. The van der Waals surface area contributed by atoms with Gasteiger partial charge in [-0.15, -0.1) is 0 Å². The predicted octanol–water partition coefficient (Wildman–Crippen LogP) is 5.44. The lowest BCUT2D eigenvalue weighted by Crippen LogP contribution is -2.31. The maximum absolute atomic E-state index is 12.6. The molecule has 0 aliphatic heterocycles. The van der Waals surface area contributed by atoms with Gasteiger partial charge in [0.1, 0.15) is 0 Å². The van der Waals surface area contributed by atoms with Gasteiger partial charge in [-0.2, -0.15) is 13.2 Å². The van der Waals surface area contributed by atoms with Crippen LogP contribution in [-0.2, 0) is 0 Å². The van der Waals surface area contributed by atoms with Crippen molar-refractivity contribution in [3.05, 3.63) is 46.0 Å². The van der Waals surface area contributed by atoms with Gasteiger partial charge in [0.25, 0.3) is 0 Å². The van der Waals surface area contributed by atoms with Gasteiger partial charge in [-0.05, 0) is 30.2 Å². The van der Waals surface area contributed by atoms with E-state index < -0.39 is 29.5 Å². The third-order valence-corrected chi connectivity index (χ3v) is 4.12. The Hall–Kier alpha value is -1.59. The Balaban J connectivity index is 3.12. The van der Waals surface area contributed by atoms with Crippen molar-refractivity contribution in [3.8, 4) is 0 Å². The largest absolute Gasteiger partial charge is 0.389 e. The van der Waals surface area contributed by atoms with E-state index >= 15 is 0 Å². The van der Waals surface area contributed by atoms with Crippen molar-refractivity contribution >= 4 is 0 Å². The third-order valence-electron chi connectivity index (χ3n) is 4.12. The van der Waals surface area contributed by atoms with E-state index in [1.807, 2.05) is 13.8 Å². The summed E-state index contributed by atoms with van der Waals surface area (Å²) in [7, 11) is 0. The molecular weight excluding hydrogens is 307 g/mol. The van der Waals surface area contributed by atoms with Crippen LogP contribution in [0.5, 0.6) is 0 Å². The minimum Gasteiger partial charge on any atom is -0.264 e. The normalized spacial score (nSPS) is 16.1. The number of hydrogen-bond donors (Lipinski definition) is 0. The fourth-order valence-corrected chi connectivity index (χ4v) is 3.15. The van der Waals surface area contributed by atoms with Crippen LogP contribution in [0.25, 0.3) is 0 Å². The molecule has 0 aromatic heterocycles. The standard InChI is InChI=1S/C17H24F3NO2/c1-12(2)11-15(9-10-17(18,19)20)16(13(3)21(22)23)14-7-5-4-6-8-14/h4-8,12-13,15-16H,9-11H2,1-3H3. The maximum atomic E-state index is 12.6. The van der Waals surface area contributed by atoms with E-state index in [-0.39, 0.29) is 18.3 Å². The first kappa shape index (κ1) is 19.5. The Bertz CT molecular complexity index is 488. The molecule has 1 aromatic carbocycles. The highest BCUT2D eigenvalue weighted by Crippen LogP contribution is 2.38. The van der Waals surface area contributed by atoms with Gasteiger partial charge in [0.2, 0.25) is 6.04 Å². The maximum Gasteiger partial charge on any atom is 0.389 e. The van der Waals surface area contributed by atoms with Gasteiger partial charge in [-0.25, -0.2) is 0 Å². The molecule has 3 unspecified atom stereocenters. The fraction of sp³-hybridized carbons (Fsp3) is 0.647. The second-order valence-electron chi connectivity index (χ2n) is 6.51. The Morgan fingerprint density at radius 2 is 1.70 bits per heavy atom. The van der Waals surface area contributed by atoms with Crippen molar-refractivity contribution in [2.24, 2.45) is 11.8 Å². The molecule has 130 valence electrons. The van der Waals surface area contributed by atoms with E-state index in [0.29, 0.717) is 6.42 Å². The van der Waals surface area contributed by atoms with E-state index in [2.05, 4.69) is 0 Å². The lowest BCUT2D eigenvalue weighted by Gasteiger charge is -2.30. The average Bonchev–Trinajstić information content (AvgIpc) is 2.44. The number of alkyl halides is 3. The van der Waals surface area contributed by atoms with Crippen molar-refractivity contribution in [3.63, 3.8) is 0 Å². The quantitative estimate of drug-likeness (QED) is 0.470. The summed E-state index contributed by atoms with van der Waals surface area (Å²) in [5.74, 6) is -0.714. The second kappa shape index (κ2) is 8.31. The summed E-state index contributed by atoms with van der Waals surface area (Å²) in [6, 6.07) is 7.95. The molecule has 0 fully saturated rings. The molecule has 0 aliphatic carbocycles. The molecule has 0 spiro atoms. The topological polar surface area (TPSA) is 43.1 Å². The highest BCUT2D eigenvalue weighted by atomic mass is 19.4. The van der Waals surface area contributed by atoms with Crippen molar-refractivity contribution in [1.29, 1.82) is 0 Å². The van der Waals surface area contributed by atoms with Crippen LogP contribution in [0.15, 0.2) is 30.3 Å². The highest BCUT2D eigenvalue weighted by Gasteiger charge is 2.38. The second-order valence-corrected chi connectivity index (χ2v) is 6.51. The van der Waals surface area contributed by atoms with Crippen LogP contribution in [-0.4, -0.2) is 17.1 Å². The lowest BCUT2D eigenvalue weighted by atomic mass is 9.75. The molecule has 0 amide bonds. The van der Waals surface area contributed by atoms with Crippen LogP contribution >= 0.6 is 0 Å². The van der Waals surface area contributed by atoms with E-state index in [0.717, 1.165) is 5.56 Å². The number of rotatable bonds is 8. The van der Waals surface area contributed by atoms with Crippen molar-refractivity contribution in [2.45, 2.75) is 58.2 Å². The van der Waals surface area contributed by atoms with E-state index in [4.69, 9.17) is 0 Å². The third kappa shape index (κ3) is 6.59. The predicted molar refractivity (Wildman–Crippen MR) is 83.9 cm³/mol. The summed E-state index contributed by atoms with van der Waals surface area (Å²) < 4.78 is 37.9. The van der Waals surface area contributed by atoms with Crippen LogP contribution < -0.4 is 0 Å². The molecule has 3 atom stereocenters. The van der Waals surface area contributed by atoms with Crippen molar-refractivity contribution in [1.82, 2.24) is 0 Å². The van der Waals surface area contributed by atoms with E-state index in [1.165, 1.54) is 6.92 Å². The zero-order valence-corrected chi connectivity index (χ0v) is 13.7. The first-order valence-corrected chi connectivity index (χ1v) is 7.87. The first-order chi connectivity index (χ1) is 10.6. The molecule has 0 aliphatic rings. The molecule has 23 heavy (non-hydrogen) atoms. The van der Waals surface area contributed by atoms with E-state index in [1.54, 1.807) is 30.3 Å². The molecular formula is C17H24F3NO2. The smallest absolute Gasteiger partial charge is 0.264 e. The molecule has 3 nitrogen and oxygen atoms in total. The fourth-order valence-electron chi connectivity index (χ4n) is 3.15. The number of hydrogen-bond acceptors (Lipinski definition) is 2. The van der Waals surface area contributed by atoms with Crippen molar-refractivity contribution in [2.75, 3.05) is 0 Å². The molecule has 0 heterocycles. The van der Waals surface area contributed by atoms with Gasteiger partial charge in [0.05, 0.1) is 5.92 Å². The number of nitrogens with zero attached hydrogens (tertiary/aromatic N) is 1. The van der Waals surface area contributed by atoms with Gasteiger partial charge < -0.3 is 0 Å². The molecule has 1 rings (SSSR count). The number of halogens is 3. The van der Waals surface area contributed by atoms with Gasteiger partial charge >= 0.3 is 6.18 Å². The highest BCUT2D eigenvalue weighted by molar-refractivity contribution is 5.21. The first-order valence-electron chi connectivity index (χ1n) is 7.87. The van der Waals surface area contributed by atoms with Gasteiger partial charge in [0, 0.05) is 18.3 Å². The monoisotopic (exact) mass is 331 g/mol. The zero-order valence-electron chi connectivity index (χ0n) is 13.7. The lowest BCUT2D eigenvalue weighted by molar-refractivity contribution is -0.524. The Kier molecular flexibility index (Phi) is 7.03. The molecule has 0 N–H and O–H groups in total. The van der Waals surface area contributed by atoms with Crippen LogP contribution in [0.1, 0.15) is 51.5 Å². The summed E-state index contributed by atoms with van der Waals surface area (Å²) in [4.78, 5) is 10.9. The number of nitro groups is 1. The molecule has 1 aromatic rings. The molecule has 0 saturated heterocycles. The molecule has 0 radical (unpaired) electrons. The van der Waals surface area contributed by atoms with Crippen LogP contribution in [0.2, 0.25) is 0 Å². The zero-order chi connectivity index (χ0) is 17.6. The Morgan fingerprint density at radius 1 is 1.13 bits per heavy atom. The molecule has 0 bridgehead atoms. The summed E-state index contributed by atoms with van der Waals surface area (Å²) in [5.41, 5.74) is 0.740. The van der Waals surface area contributed by atoms with Gasteiger partial charge in [0.15, 0.2) is 0 Å². The number of benzene rings is 1. The minimum atomic E-state index is -4.24. The molecule has 6 heteroatoms. The Morgan fingerprint density at radius 3 is 2.13 bits per heavy atom. The van der Waals surface area contributed by atoms with E-state index in [9.17, 15) is 23.3 Å². The minimum absolute atomic E-state index is 0.0839. The van der Waals surface area contributed by atoms with Crippen LogP contribution in [0.3, 0.4) is 0 Å². The van der Waals surface area contributed by atoms with Crippen LogP contribution in [0, 0.1) is 22.0 Å². The molecule has 0 saturated carbocycles. The average molecular weight is 331 g/mol. The summed E-state index contributed by atoms with van der Waals surface area (Å²) in [6.07, 6.45) is -4.69. The van der Waals surface area contributed by atoms with Crippen molar-refractivity contribution < 1.29 is 18.1 Å². The van der Waals surface area contributed by atoms with Gasteiger partial charge in [-0.1, -0.05) is 44.2 Å². The SMILES string of the molecule is CC(C)CC(CCC(F)(F)F)C(c1ccccc1)C(C)[N+](=O)[O-]. The van der Waals surface area contributed by atoms with Gasteiger partial charge in [-0.3, -0.25) is 10.1 Å². The Labute approximate surface area is 135 Å².